The maximum Gasteiger partial charge on any atom is 0.404 e. The number of hydrogen-bond donors (Lipinski definition) is 2. The molecular weight excluding hydrogens is 273 g/mol. The van der Waals surface area contributed by atoms with E-state index in [4.69, 9.17) is 21.4 Å². The van der Waals surface area contributed by atoms with E-state index in [0.717, 1.165) is 5.56 Å². The fraction of sp³-hybridized carbons (Fsp3) is 0.462. The van der Waals surface area contributed by atoms with Crippen molar-refractivity contribution < 1.29 is 19.0 Å². The number of aryl methyl sites for hydroxylation is 1. The van der Waals surface area contributed by atoms with E-state index < -0.39 is 11.9 Å². The monoisotopic (exact) mass is 289 g/mol. The van der Waals surface area contributed by atoms with Crippen molar-refractivity contribution in [2.45, 2.75) is 26.7 Å². The summed E-state index contributed by atoms with van der Waals surface area (Å²) in [5.74, 6) is -0.0754. The largest absolute Gasteiger partial charge is 0.493 e. The van der Waals surface area contributed by atoms with Crippen LogP contribution in [0, 0.1) is 5.82 Å². The predicted octanol–water partition coefficient (Wildman–Crippen LogP) is 3.25. The van der Waals surface area contributed by atoms with Crippen molar-refractivity contribution in [3.63, 3.8) is 0 Å². The summed E-state index contributed by atoms with van der Waals surface area (Å²) in [6, 6.07) is 1.55. The summed E-state index contributed by atoms with van der Waals surface area (Å²) in [6.45, 7) is 4.25. The lowest BCUT2D eigenvalue weighted by atomic mass is 10.0. The lowest BCUT2D eigenvalue weighted by Gasteiger charge is -2.16. The topological polar surface area (TPSA) is 58.6 Å². The van der Waals surface area contributed by atoms with Crippen molar-refractivity contribution in [2.75, 3.05) is 13.2 Å². The zero-order valence-electron chi connectivity index (χ0n) is 10.9. The zero-order valence-corrected chi connectivity index (χ0v) is 11.7. The average Bonchev–Trinajstić information content (AvgIpc) is 2.36. The van der Waals surface area contributed by atoms with E-state index >= 15 is 0 Å². The second-order valence-electron chi connectivity index (χ2n) is 3.91. The molecule has 1 rings (SSSR count). The van der Waals surface area contributed by atoms with E-state index in [-0.39, 0.29) is 18.0 Å². The second-order valence-corrected chi connectivity index (χ2v) is 4.31. The number of ether oxygens (including phenoxy) is 1. The van der Waals surface area contributed by atoms with Crippen molar-refractivity contribution in [3.8, 4) is 5.75 Å². The molecule has 1 aromatic carbocycles. The van der Waals surface area contributed by atoms with Crippen LogP contribution in [-0.4, -0.2) is 24.4 Å². The van der Waals surface area contributed by atoms with Crippen LogP contribution in [0.3, 0.4) is 0 Å². The third kappa shape index (κ3) is 3.99. The summed E-state index contributed by atoms with van der Waals surface area (Å²) < 4.78 is 19.5. The summed E-state index contributed by atoms with van der Waals surface area (Å²) in [5.41, 5.74) is 1.14. The van der Waals surface area contributed by atoms with Crippen LogP contribution in [0.15, 0.2) is 6.07 Å². The minimum Gasteiger partial charge on any atom is -0.493 e. The zero-order chi connectivity index (χ0) is 14.4. The molecule has 0 fully saturated rings. The van der Waals surface area contributed by atoms with Gasteiger partial charge in [-0.2, -0.15) is 0 Å². The third-order valence-corrected chi connectivity index (χ3v) is 2.94. The molecule has 0 saturated heterocycles. The van der Waals surface area contributed by atoms with E-state index in [9.17, 15) is 9.18 Å². The summed E-state index contributed by atoms with van der Waals surface area (Å²) >= 11 is 5.84. The molecule has 0 heterocycles. The molecule has 1 amide bonds. The van der Waals surface area contributed by atoms with Crippen LogP contribution < -0.4 is 10.1 Å². The number of amides is 1. The van der Waals surface area contributed by atoms with E-state index in [0.29, 0.717) is 24.3 Å². The maximum absolute atomic E-state index is 14.0. The highest BCUT2D eigenvalue weighted by atomic mass is 35.5. The molecule has 0 atom stereocenters. The lowest BCUT2D eigenvalue weighted by Crippen LogP contribution is -2.24. The molecule has 1 aromatic rings. The van der Waals surface area contributed by atoms with Gasteiger partial charge in [0.1, 0.15) is 11.6 Å². The van der Waals surface area contributed by atoms with E-state index in [1.54, 1.807) is 6.07 Å². The normalized spacial score (nSPS) is 10.3. The van der Waals surface area contributed by atoms with Crippen LogP contribution in [0.1, 0.15) is 25.0 Å². The molecule has 0 bridgehead atoms. The van der Waals surface area contributed by atoms with Gasteiger partial charge >= 0.3 is 6.09 Å². The summed E-state index contributed by atoms with van der Waals surface area (Å²) in [7, 11) is 0. The van der Waals surface area contributed by atoms with Crippen molar-refractivity contribution in [3.05, 3.63) is 28.0 Å². The molecule has 0 aliphatic carbocycles. The third-order valence-electron chi connectivity index (χ3n) is 2.66. The fourth-order valence-corrected chi connectivity index (χ4v) is 2.07. The molecule has 0 spiro atoms. The second kappa shape index (κ2) is 7.19. The molecule has 0 aliphatic rings. The first-order valence-corrected chi connectivity index (χ1v) is 6.48. The highest BCUT2D eigenvalue weighted by Gasteiger charge is 2.17. The Hall–Kier alpha value is -1.49. The van der Waals surface area contributed by atoms with E-state index in [1.165, 1.54) is 0 Å². The molecule has 0 aliphatic heterocycles. The molecule has 19 heavy (non-hydrogen) atoms. The number of halogens is 2. The van der Waals surface area contributed by atoms with Crippen LogP contribution >= 0.6 is 11.6 Å². The molecule has 0 radical (unpaired) electrons. The van der Waals surface area contributed by atoms with Gasteiger partial charge in [0.15, 0.2) is 0 Å². The van der Waals surface area contributed by atoms with Gasteiger partial charge in [0.2, 0.25) is 0 Å². The smallest absolute Gasteiger partial charge is 0.404 e. The van der Waals surface area contributed by atoms with Crippen molar-refractivity contribution in [1.29, 1.82) is 0 Å². The van der Waals surface area contributed by atoms with Crippen molar-refractivity contribution in [2.24, 2.45) is 0 Å². The minimum atomic E-state index is -1.14. The maximum atomic E-state index is 14.0. The molecule has 106 valence electrons. The van der Waals surface area contributed by atoms with Gasteiger partial charge in [-0.1, -0.05) is 18.5 Å². The Labute approximate surface area is 116 Å². The minimum absolute atomic E-state index is 0.0330. The molecule has 2 N–H and O–H groups in total. The highest BCUT2D eigenvalue weighted by Crippen LogP contribution is 2.32. The van der Waals surface area contributed by atoms with E-state index in [1.807, 2.05) is 13.8 Å². The van der Waals surface area contributed by atoms with E-state index in [2.05, 4.69) is 5.32 Å². The Morgan fingerprint density at radius 1 is 1.53 bits per heavy atom. The number of hydrogen-bond acceptors (Lipinski definition) is 2. The molecule has 4 nitrogen and oxygen atoms in total. The molecule has 0 aromatic heterocycles. The summed E-state index contributed by atoms with van der Waals surface area (Å²) in [6.07, 6.45) is -0.286. The van der Waals surface area contributed by atoms with Gasteiger partial charge < -0.3 is 15.2 Å². The number of nitrogens with one attached hydrogen (secondary N) is 1. The van der Waals surface area contributed by atoms with Gasteiger partial charge in [-0.3, -0.25) is 0 Å². The molecule has 6 heteroatoms. The highest BCUT2D eigenvalue weighted by molar-refractivity contribution is 6.31. The Bertz CT molecular complexity index is 466. The average molecular weight is 290 g/mol. The Morgan fingerprint density at radius 3 is 2.74 bits per heavy atom. The quantitative estimate of drug-likeness (QED) is 0.845. The van der Waals surface area contributed by atoms with Crippen LogP contribution in [0.2, 0.25) is 5.02 Å². The Balaban J connectivity index is 3.09. The molecule has 0 unspecified atom stereocenters. The first-order chi connectivity index (χ1) is 9.01. The van der Waals surface area contributed by atoms with Gasteiger partial charge in [0.05, 0.1) is 11.6 Å². The Morgan fingerprint density at radius 2 is 2.21 bits per heavy atom. The number of rotatable bonds is 6. The summed E-state index contributed by atoms with van der Waals surface area (Å²) in [4.78, 5) is 10.4. The fourth-order valence-electron chi connectivity index (χ4n) is 1.82. The van der Waals surface area contributed by atoms with Gasteiger partial charge in [0.25, 0.3) is 0 Å². The van der Waals surface area contributed by atoms with Crippen molar-refractivity contribution in [1.82, 2.24) is 5.32 Å². The predicted molar refractivity (Wildman–Crippen MR) is 71.7 cm³/mol. The van der Waals surface area contributed by atoms with Gasteiger partial charge in [0, 0.05) is 12.1 Å². The molecular formula is C13H17ClFNO3. The van der Waals surface area contributed by atoms with Crippen LogP contribution in [0.4, 0.5) is 9.18 Å². The number of benzene rings is 1. The SMILES string of the molecule is CCOc1c(CC)cc(Cl)c(F)c1CCNC(=O)O. The summed E-state index contributed by atoms with van der Waals surface area (Å²) in [5, 5.41) is 10.8. The molecule has 0 saturated carbocycles. The van der Waals surface area contributed by atoms with Crippen LogP contribution in [0.25, 0.3) is 0 Å². The first-order valence-electron chi connectivity index (χ1n) is 6.10. The lowest BCUT2D eigenvalue weighted by molar-refractivity contribution is 0.194. The Kier molecular flexibility index (Phi) is 5.89. The van der Waals surface area contributed by atoms with Crippen LogP contribution in [0.5, 0.6) is 5.75 Å². The standard InChI is InChI=1S/C13H17ClFNO3/c1-3-8-7-10(14)11(15)9(12(8)19-4-2)5-6-16-13(17)18/h7,16H,3-6H2,1-2H3,(H,17,18). The van der Waals surface area contributed by atoms with Crippen LogP contribution in [-0.2, 0) is 12.8 Å². The number of carbonyl (C=O) groups is 1. The van der Waals surface area contributed by atoms with Gasteiger partial charge in [-0.05, 0) is 31.4 Å². The number of carboxylic acid groups (broad SMARTS) is 1. The van der Waals surface area contributed by atoms with Gasteiger partial charge in [-0.15, -0.1) is 0 Å². The first kappa shape index (κ1) is 15.6. The van der Waals surface area contributed by atoms with Gasteiger partial charge in [-0.25, -0.2) is 9.18 Å². The van der Waals surface area contributed by atoms with Crippen molar-refractivity contribution >= 4 is 17.7 Å².